The molecule has 2 heterocycles. The zero-order valence-corrected chi connectivity index (χ0v) is 10.3. The number of hydrogen-bond acceptors (Lipinski definition) is 2. The van der Waals surface area contributed by atoms with Crippen LogP contribution in [0, 0.1) is 11.8 Å². The second kappa shape index (κ2) is 5.21. The molecular weight excluding hydrogens is 198 g/mol. The maximum absolute atomic E-state index is 10.4. The van der Waals surface area contributed by atoms with E-state index in [1.807, 2.05) is 0 Å². The van der Waals surface area contributed by atoms with Gasteiger partial charge in [-0.3, -0.25) is 0 Å². The molecule has 2 atom stereocenters. The molecule has 0 aliphatic carbocycles. The Morgan fingerprint density at radius 2 is 1.94 bits per heavy atom. The highest BCUT2D eigenvalue weighted by Crippen LogP contribution is 2.33. The number of aliphatic hydroxyl groups is 1. The van der Waals surface area contributed by atoms with E-state index >= 15 is 0 Å². The number of unbranched alkanes of at least 4 members (excludes halogenated alkanes) is 3. The summed E-state index contributed by atoms with van der Waals surface area (Å²) in [5, 5.41) is 13.9. The standard InChI is InChI=1S/C14H23NO/c1-2-3-4-5-6-9-14(16)10-12-7-8-13(11-14)15-12/h12-13,15-16H,2-5,7-8,10-11H2,1H3. The molecule has 2 aliphatic rings. The SMILES string of the molecule is CCCCCC#CC1(O)CC2CCC(C1)N2. The van der Waals surface area contributed by atoms with Gasteiger partial charge in [-0.05, 0) is 19.3 Å². The molecule has 2 heteroatoms. The van der Waals surface area contributed by atoms with Gasteiger partial charge in [0, 0.05) is 31.3 Å². The van der Waals surface area contributed by atoms with E-state index in [0.29, 0.717) is 12.1 Å². The average molecular weight is 221 g/mol. The molecule has 0 radical (unpaired) electrons. The lowest BCUT2D eigenvalue weighted by Crippen LogP contribution is -2.47. The molecule has 2 saturated heterocycles. The molecule has 90 valence electrons. The van der Waals surface area contributed by atoms with Crippen molar-refractivity contribution in [3.8, 4) is 11.8 Å². The molecule has 0 aromatic heterocycles. The summed E-state index contributed by atoms with van der Waals surface area (Å²) in [6.45, 7) is 2.20. The van der Waals surface area contributed by atoms with Crippen molar-refractivity contribution in [1.29, 1.82) is 0 Å². The predicted octanol–water partition coefficient (Wildman–Crippen LogP) is 2.22. The second-order valence-corrected chi connectivity index (χ2v) is 5.34. The van der Waals surface area contributed by atoms with E-state index in [0.717, 1.165) is 19.3 Å². The smallest absolute Gasteiger partial charge is 0.128 e. The van der Waals surface area contributed by atoms with E-state index in [-0.39, 0.29) is 0 Å². The van der Waals surface area contributed by atoms with Gasteiger partial charge in [0.1, 0.15) is 5.60 Å². The van der Waals surface area contributed by atoms with Gasteiger partial charge in [-0.25, -0.2) is 0 Å². The monoisotopic (exact) mass is 221 g/mol. The summed E-state index contributed by atoms with van der Waals surface area (Å²) in [5.74, 6) is 6.29. The van der Waals surface area contributed by atoms with E-state index < -0.39 is 5.60 Å². The summed E-state index contributed by atoms with van der Waals surface area (Å²) in [6.07, 6.45) is 8.67. The van der Waals surface area contributed by atoms with Crippen LogP contribution in [0.15, 0.2) is 0 Å². The molecule has 0 aromatic rings. The van der Waals surface area contributed by atoms with Crippen LogP contribution in [0.3, 0.4) is 0 Å². The first-order chi connectivity index (χ1) is 7.72. The Kier molecular flexibility index (Phi) is 3.89. The first-order valence-corrected chi connectivity index (χ1v) is 6.70. The summed E-state index contributed by atoms with van der Waals surface area (Å²) < 4.78 is 0. The molecule has 0 spiro atoms. The molecule has 2 N–H and O–H groups in total. The average Bonchev–Trinajstić information content (AvgIpc) is 2.58. The summed E-state index contributed by atoms with van der Waals surface area (Å²) in [7, 11) is 0. The maximum atomic E-state index is 10.4. The van der Waals surface area contributed by atoms with Gasteiger partial charge < -0.3 is 10.4 Å². The molecule has 2 rings (SSSR count). The second-order valence-electron chi connectivity index (χ2n) is 5.34. The third-order valence-corrected chi connectivity index (χ3v) is 3.73. The lowest BCUT2D eigenvalue weighted by atomic mass is 9.88. The normalized spacial score (nSPS) is 36.9. The minimum Gasteiger partial charge on any atom is -0.377 e. The number of rotatable bonds is 3. The van der Waals surface area contributed by atoms with Gasteiger partial charge in [-0.15, -0.1) is 5.92 Å². The van der Waals surface area contributed by atoms with Crippen LogP contribution in [0.2, 0.25) is 0 Å². The van der Waals surface area contributed by atoms with Crippen LogP contribution in [0.25, 0.3) is 0 Å². The lowest BCUT2D eigenvalue weighted by molar-refractivity contribution is 0.0479. The van der Waals surface area contributed by atoms with Crippen molar-refractivity contribution >= 4 is 0 Å². The van der Waals surface area contributed by atoms with E-state index in [1.165, 1.54) is 32.1 Å². The lowest BCUT2D eigenvalue weighted by Gasteiger charge is -2.33. The number of fused-ring (bicyclic) bond motifs is 2. The molecule has 2 fully saturated rings. The van der Waals surface area contributed by atoms with Gasteiger partial charge in [-0.1, -0.05) is 25.7 Å². The molecular formula is C14H23NO. The Hall–Kier alpha value is -0.520. The molecule has 0 saturated carbocycles. The summed E-state index contributed by atoms with van der Waals surface area (Å²) in [5.41, 5.74) is -0.691. The number of hydrogen-bond donors (Lipinski definition) is 2. The van der Waals surface area contributed by atoms with Gasteiger partial charge >= 0.3 is 0 Å². The first-order valence-electron chi connectivity index (χ1n) is 6.70. The molecule has 0 aromatic carbocycles. The molecule has 0 amide bonds. The summed E-state index contributed by atoms with van der Waals surface area (Å²) >= 11 is 0. The zero-order chi connectivity index (χ0) is 11.4. The molecule has 16 heavy (non-hydrogen) atoms. The van der Waals surface area contributed by atoms with E-state index in [4.69, 9.17) is 0 Å². The van der Waals surface area contributed by atoms with Crippen LogP contribution >= 0.6 is 0 Å². The summed E-state index contributed by atoms with van der Waals surface area (Å²) in [4.78, 5) is 0. The van der Waals surface area contributed by atoms with Crippen LogP contribution in [0.4, 0.5) is 0 Å². The molecule has 2 bridgehead atoms. The third kappa shape index (κ3) is 2.99. The van der Waals surface area contributed by atoms with Crippen LogP contribution in [-0.4, -0.2) is 22.8 Å². The Labute approximate surface area is 98.8 Å². The Morgan fingerprint density at radius 1 is 1.25 bits per heavy atom. The molecule has 2 aliphatic heterocycles. The van der Waals surface area contributed by atoms with Gasteiger partial charge in [0.15, 0.2) is 0 Å². The topological polar surface area (TPSA) is 32.3 Å². The van der Waals surface area contributed by atoms with Gasteiger partial charge in [0.2, 0.25) is 0 Å². The Morgan fingerprint density at radius 3 is 2.56 bits per heavy atom. The fourth-order valence-electron chi connectivity index (χ4n) is 2.92. The van der Waals surface area contributed by atoms with Crippen molar-refractivity contribution in [3.05, 3.63) is 0 Å². The van der Waals surface area contributed by atoms with E-state index in [9.17, 15) is 5.11 Å². The predicted molar refractivity (Wildman–Crippen MR) is 66.0 cm³/mol. The number of piperidine rings is 1. The van der Waals surface area contributed by atoms with E-state index in [2.05, 4.69) is 24.1 Å². The van der Waals surface area contributed by atoms with Crippen molar-refractivity contribution in [1.82, 2.24) is 5.32 Å². The molecule has 2 nitrogen and oxygen atoms in total. The van der Waals surface area contributed by atoms with Gasteiger partial charge in [-0.2, -0.15) is 0 Å². The van der Waals surface area contributed by atoms with Crippen molar-refractivity contribution in [2.24, 2.45) is 0 Å². The highest BCUT2D eigenvalue weighted by atomic mass is 16.3. The highest BCUT2D eigenvalue weighted by molar-refractivity contribution is 5.18. The number of nitrogens with one attached hydrogen (secondary N) is 1. The summed E-state index contributed by atoms with van der Waals surface area (Å²) in [6, 6.07) is 1.02. The van der Waals surface area contributed by atoms with Crippen LogP contribution in [0.1, 0.15) is 58.3 Å². The fraction of sp³-hybridized carbons (Fsp3) is 0.857. The Bertz CT molecular complexity index is 277. The van der Waals surface area contributed by atoms with Crippen molar-refractivity contribution < 1.29 is 5.11 Å². The Balaban J connectivity index is 1.83. The van der Waals surface area contributed by atoms with Crippen molar-refractivity contribution in [3.63, 3.8) is 0 Å². The van der Waals surface area contributed by atoms with Crippen molar-refractivity contribution in [2.45, 2.75) is 76.0 Å². The minimum atomic E-state index is -0.691. The third-order valence-electron chi connectivity index (χ3n) is 3.73. The first kappa shape index (κ1) is 12.0. The highest BCUT2D eigenvalue weighted by Gasteiger charge is 2.41. The zero-order valence-electron chi connectivity index (χ0n) is 10.3. The maximum Gasteiger partial charge on any atom is 0.128 e. The molecule has 2 unspecified atom stereocenters. The van der Waals surface area contributed by atoms with Crippen LogP contribution in [0.5, 0.6) is 0 Å². The quantitative estimate of drug-likeness (QED) is 0.566. The van der Waals surface area contributed by atoms with Gasteiger partial charge in [0.25, 0.3) is 0 Å². The largest absolute Gasteiger partial charge is 0.377 e. The fourth-order valence-corrected chi connectivity index (χ4v) is 2.92. The van der Waals surface area contributed by atoms with Crippen LogP contribution in [-0.2, 0) is 0 Å². The minimum absolute atomic E-state index is 0.508. The van der Waals surface area contributed by atoms with Gasteiger partial charge in [0.05, 0.1) is 0 Å². The van der Waals surface area contributed by atoms with Crippen LogP contribution < -0.4 is 5.32 Å². The van der Waals surface area contributed by atoms with Crippen molar-refractivity contribution in [2.75, 3.05) is 0 Å². The van der Waals surface area contributed by atoms with E-state index in [1.54, 1.807) is 0 Å².